The van der Waals surface area contributed by atoms with Crippen molar-refractivity contribution in [2.24, 2.45) is 0 Å². The van der Waals surface area contributed by atoms with Gasteiger partial charge in [-0.1, -0.05) is 12.1 Å². The molecular weight excluding hydrogens is 269 g/mol. The third kappa shape index (κ3) is 1.92. The SMILES string of the molecule is COc1cccc2c(-c3nc(Cl)ncc3F)c[nH]c12. The molecule has 1 aromatic carbocycles. The molecule has 0 atom stereocenters. The number of hydrogen-bond acceptors (Lipinski definition) is 3. The molecular formula is C13H9ClFN3O. The summed E-state index contributed by atoms with van der Waals surface area (Å²) in [4.78, 5) is 10.6. The van der Waals surface area contributed by atoms with Gasteiger partial charge < -0.3 is 9.72 Å². The Morgan fingerprint density at radius 3 is 3.00 bits per heavy atom. The third-order valence-electron chi connectivity index (χ3n) is 2.87. The Labute approximate surface area is 113 Å². The van der Waals surface area contributed by atoms with Gasteiger partial charge in [-0.3, -0.25) is 0 Å². The van der Waals surface area contributed by atoms with Crippen molar-refractivity contribution in [3.8, 4) is 17.0 Å². The Hall–Kier alpha value is -2.14. The minimum atomic E-state index is -0.520. The molecule has 0 saturated heterocycles. The van der Waals surface area contributed by atoms with Gasteiger partial charge in [-0.05, 0) is 17.7 Å². The smallest absolute Gasteiger partial charge is 0.223 e. The Bertz CT molecular complexity index is 757. The lowest BCUT2D eigenvalue weighted by Gasteiger charge is -2.03. The maximum Gasteiger partial charge on any atom is 0.223 e. The van der Waals surface area contributed by atoms with Gasteiger partial charge in [0.05, 0.1) is 18.8 Å². The van der Waals surface area contributed by atoms with Crippen LogP contribution in [0.4, 0.5) is 4.39 Å². The molecule has 0 bridgehead atoms. The second kappa shape index (κ2) is 4.51. The lowest BCUT2D eigenvalue weighted by molar-refractivity contribution is 0.419. The van der Waals surface area contributed by atoms with Crippen molar-refractivity contribution in [3.05, 3.63) is 41.7 Å². The molecule has 3 rings (SSSR count). The summed E-state index contributed by atoms with van der Waals surface area (Å²) >= 11 is 5.72. The highest BCUT2D eigenvalue weighted by molar-refractivity contribution is 6.28. The topological polar surface area (TPSA) is 50.8 Å². The van der Waals surface area contributed by atoms with E-state index in [-0.39, 0.29) is 11.0 Å². The summed E-state index contributed by atoms with van der Waals surface area (Å²) in [5.41, 5.74) is 1.57. The minimum Gasteiger partial charge on any atom is -0.495 e. The molecule has 0 aliphatic heterocycles. The van der Waals surface area contributed by atoms with Crippen LogP contribution in [0.25, 0.3) is 22.2 Å². The lowest BCUT2D eigenvalue weighted by atomic mass is 10.1. The highest BCUT2D eigenvalue weighted by atomic mass is 35.5. The fourth-order valence-corrected chi connectivity index (χ4v) is 2.16. The number of ether oxygens (including phenoxy) is 1. The Balaban J connectivity index is 2.29. The number of H-pyrrole nitrogens is 1. The van der Waals surface area contributed by atoms with Gasteiger partial charge in [-0.2, -0.15) is 0 Å². The number of benzene rings is 1. The van der Waals surface area contributed by atoms with Gasteiger partial charge in [0.1, 0.15) is 11.4 Å². The van der Waals surface area contributed by atoms with E-state index in [9.17, 15) is 4.39 Å². The van der Waals surface area contributed by atoms with Gasteiger partial charge in [0.25, 0.3) is 0 Å². The van der Waals surface area contributed by atoms with Crippen LogP contribution >= 0.6 is 11.6 Å². The van der Waals surface area contributed by atoms with Gasteiger partial charge in [0.2, 0.25) is 5.28 Å². The van der Waals surface area contributed by atoms with E-state index in [4.69, 9.17) is 16.3 Å². The predicted octanol–water partition coefficient (Wildman–Crippen LogP) is 3.43. The van der Waals surface area contributed by atoms with E-state index in [0.717, 1.165) is 17.1 Å². The molecule has 0 unspecified atom stereocenters. The van der Waals surface area contributed by atoms with Crippen LogP contribution in [-0.4, -0.2) is 22.1 Å². The number of aromatic amines is 1. The van der Waals surface area contributed by atoms with Gasteiger partial charge in [-0.25, -0.2) is 14.4 Å². The van der Waals surface area contributed by atoms with Crippen LogP contribution < -0.4 is 4.74 Å². The molecule has 0 saturated carbocycles. The number of aromatic nitrogens is 3. The first-order valence-corrected chi connectivity index (χ1v) is 5.91. The van der Waals surface area contributed by atoms with E-state index in [1.165, 1.54) is 0 Å². The summed E-state index contributed by atoms with van der Waals surface area (Å²) in [6.45, 7) is 0. The first kappa shape index (κ1) is 11.9. The molecule has 0 fully saturated rings. The Kier molecular flexibility index (Phi) is 2.83. The van der Waals surface area contributed by atoms with Crippen LogP contribution in [-0.2, 0) is 0 Å². The number of halogens is 2. The van der Waals surface area contributed by atoms with E-state index in [2.05, 4.69) is 15.0 Å². The largest absolute Gasteiger partial charge is 0.495 e. The number of rotatable bonds is 2. The molecule has 0 radical (unpaired) electrons. The molecule has 6 heteroatoms. The number of nitrogens with zero attached hydrogens (tertiary/aromatic N) is 2. The van der Waals surface area contributed by atoms with E-state index >= 15 is 0 Å². The van der Waals surface area contributed by atoms with E-state index in [1.807, 2.05) is 18.2 Å². The Morgan fingerprint density at radius 2 is 2.21 bits per heavy atom. The number of hydrogen-bond donors (Lipinski definition) is 1. The molecule has 2 heterocycles. The van der Waals surface area contributed by atoms with E-state index in [0.29, 0.717) is 11.3 Å². The highest BCUT2D eigenvalue weighted by Gasteiger charge is 2.15. The van der Waals surface area contributed by atoms with Crippen molar-refractivity contribution in [1.29, 1.82) is 0 Å². The maximum atomic E-state index is 13.8. The van der Waals surface area contributed by atoms with Crippen LogP contribution in [0.3, 0.4) is 0 Å². The van der Waals surface area contributed by atoms with Crippen LogP contribution in [0, 0.1) is 5.82 Å². The number of nitrogens with one attached hydrogen (secondary N) is 1. The average Bonchev–Trinajstić information content (AvgIpc) is 2.85. The summed E-state index contributed by atoms with van der Waals surface area (Å²) in [7, 11) is 1.58. The van der Waals surface area contributed by atoms with Crippen LogP contribution in [0.5, 0.6) is 5.75 Å². The lowest BCUT2D eigenvalue weighted by Crippen LogP contribution is -1.91. The van der Waals surface area contributed by atoms with E-state index in [1.54, 1.807) is 13.3 Å². The molecule has 0 aliphatic carbocycles. The molecule has 19 heavy (non-hydrogen) atoms. The number of fused-ring (bicyclic) bond motifs is 1. The zero-order valence-electron chi connectivity index (χ0n) is 9.95. The van der Waals surface area contributed by atoms with Crippen molar-refractivity contribution in [2.75, 3.05) is 7.11 Å². The first-order valence-electron chi connectivity index (χ1n) is 5.53. The van der Waals surface area contributed by atoms with Crippen LogP contribution in [0.2, 0.25) is 5.28 Å². The summed E-state index contributed by atoms with van der Waals surface area (Å²) in [5, 5.41) is 0.821. The highest BCUT2D eigenvalue weighted by Crippen LogP contribution is 2.33. The quantitative estimate of drug-likeness (QED) is 0.730. The molecule has 1 N–H and O–H groups in total. The molecule has 4 nitrogen and oxygen atoms in total. The monoisotopic (exact) mass is 277 g/mol. The zero-order chi connectivity index (χ0) is 13.4. The van der Waals surface area contributed by atoms with Crippen molar-refractivity contribution >= 4 is 22.5 Å². The summed E-state index contributed by atoms with van der Waals surface area (Å²) < 4.78 is 19.1. The second-order valence-corrected chi connectivity index (χ2v) is 4.26. The predicted molar refractivity (Wildman–Crippen MR) is 70.8 cm³/mol. The van der Waals surface area contributed by atoms with Crippen molar-refractivity contribution < 1.29 is 9.13 Å². The summed E-state index contributed by atoms with van der Waals surface area (Å²) in [6.07, 6.45) is 2.73. The number of methoxy groups -OCH3 is 1. The van der Waals surface area contributed by atoms with Crippen LogP contribution in [0.1, 0.15) is 0 Å². The van der Waals surface area contributed by atoms with Gasteiger partial charge >= 0.3 is 0 Å². The molecule has 2 aromatic heterocycles. The molecule has 0 spiro atoms. The number of para-hydroxylation sites is 1. The Morgan fingerprint density at radius 1 is 1.37 bits per heavy atom. The zero-order valence-corrected chi connectivity index (χ0v) is 10.7. The second-order valence-electron chi connectivity index (χ2n) is 3.92. The van der Waals surface area contributed by atoms with Gasteiger partial charge in [0, 0.05) is 17.1 Å². The van der Waals surface area contributed by atoms with Crippen molar-refractivity contribution in [2.45, 2.75) is 0 Å². The summed E-state index contributed by atoms with van der Waals surface area (Å²) in [6, 6.07) is 5.52. The van der Waals surface area contributed by atoms with Crippen LogP contribution in [0.15, 0.2) is 30.6 Å². The first-order chi connectivity index (χ1) is 9.20. The van der Waals surface area contributed by atoms with Crippen molar-refractivity contribution in [3.63, 3.8) is 0 Å². The third-order valence-corrected chi connectivity index (χ3v) is 3.05. The molecule has 0 amide bonds. The molecule has 96 valence electrons. The fraction of sp³-hybridized carbons (Fsp3) is 0.0769. The maximum absolute atomic E-state index is 13.8. The molecule has 3 aromatic rings. The van der Waals surface area contributed by atoms with Crippen molar-refractivity contribution in [1.82, 2.24) is 15.0 Å². The van der Waals surface area contributed by atoms with Gasteiger partial charge in [0.15, 0.2) is 5.82 Å². The van der Waals surface area contributed by atoms with E-state index < -0.39 is 5.82 Å². The summed E-state index contributed by atoms with van der Waals surface area (Å²) in [5.74, 6) is 0.164. The average molecular weight is 278 g/mol. The standard InChI is InChI=1S/C13H9ClFN3O/c1-19-10-4-2-3-7-8(5-16-12(7)10)11-9(15)6-17-13(14)18-11/h2-6,16H,1H3. The van der Waals surface area contributed by atoms with Gasteiger partial charge in [-0.15, -0.1) is 0 Å². The molecule has 0 aliphatic rings. The fourth-order valence-electron chi connectivity index (χ4n) is 2.03. The minimum absolute atomic E-state index is 0.00801. The normalized spacial score (nSPS) is 10.9.